The lowest BCUT2D eigenvalue weighted by Crippen LogP contribution is -2.42. The van der Waals surface area contributed by atoms with E-state index in [0.29, 0.717) is 6.42 Å². The summed E-state index contributed by atoms with van der Waals surface area (Å²) in [7, 11) is -1.32. The van der Waals surface area contributed by atoms with E-state index in [4.69, 9.17) is 0 Å². The number of amides is 1. The summed E-state index contributed by atoms with van der Waals surface area (Å²) in [6.45, 7) is 1.45. The summed E-state index contributed by atoms with van der Waals surface area (Å²) in [5.41, 5.74) is 1.06. The molecule has 0 saturated carbocycles. The zero-order valence-electron chi connectivity index (χ0n) is 11.4. The second-order valence-electron chi connectivity index (χ2n) is 5.10. The molecule has 1 aromatic rings. The van der Waals surface area contributed by atoms with Crippen LogP contribution in [0, 0.1) is 0 Å². The highest BCUT2D eigenvalue weighted by molar-refractivity contribution is 8.43. The maximum absolute atomic E-state index is 12.3. The van der Waals surface area contributed by atoms with Crippen molar-refractivity contribution in [3.8, 4) is 0 Å². The first-order valence-corrected chi connectivity index (χ1v) is 8.69. The standard InChI is InChI=1S/C14H21NO2S/c1-11(16)15-13(14(17)18(2,3)4)10-12-8-6-5-7-9-12/h5-9,13H,10H2,1-4H3,(H,15,16). The fourth-order valence-electron chi connectivity index (χ4n) is 1.72. The lowest BCUT2D eigenvalue weighted by Gasteiger charge is -2.29. The predicted molar refractivity (Wildman–Crippen MR) is 78.1 cm³/mol. The molecule has 1 aromatic carbocycles. The van der Waals surface area contributed by atoms with Crippen LogP contribution in [0.4, 0.5) is 0 Å². The van der Waals surface area contributed by atoms with Gasteiger partial charge in [0.25, 0.3) is 0 Å². The summed E-state index contributed by atoms with van der Waals surface area (Å²) >= 11 is 0. The van der Waals surface area contributed by atoms with Crippen LogP contribution in [0.15, 0.2) is 30.3 Å². The molecule has 0 radical (unpaired) electrons. The molecule has 0 heterocycles. The molecule has 0 aliphatic heterocycles. The lowest BCUT2D eigenvalue weighted by molar-refractivity contribution is -0.123. The second kappa shape index (κ2) is 6.05. The van der Waals surface area contributed by atoms with Crippen molar-refractivity contribution in [1.29, 1.82) is 0 Å². The maximum Gasteiger partial charge on any atom is 0.217 e. The second-order valence-corrected chi connectivity index (χ2v) is 9.18. The van der Waals surface area contributed by atoms with Crippen LogP contribution in [0.3, 0.4) is 0 Å². The van der Waals surface area contributed by atoms with Gasteiger partial charge in [0.1, 0.15) is 6.04 Å². The molecule has 100 valence electrons. The molecule has 4 heteroatoms. The Morgan fingerprint density at radius 3 is 2.17 bits per heavy atom. The van der Waals surface area contributed by atoms with Crippen LogP contribution in [0.2, 0.25) is 0 Å². The molecule has 3 nitrogen and oxygen atoms in total. The molecule has 0 aliphatic carbocycles. The molecular weight excluding hydrogens is 246 g/mol. The van der Waals surface area contributed by atoms with Crippen LogP contribution >= 0.6 is 10.0 Å². The molecule has 18 heavy (non-hydrogen) atoms. The zero-order valence-corrected chi connectivity index (χ0v) is 12.2. The SMILES string of the molecule is CC(=O)NC(Cc1ccccc1)C(=O)S(C)(C)C. The Morgan fingerprint density at radius 2 is 1.72 bits per heavy atom. The van der Waals surface area contributed by atoms with Crippen molar-refractivity contribution in [2.75, 3.05) is 18.8 Å². The van der Waals surface area contributed by atoms with E-state index < -0.39 is 16.1 Å². The molecule has 0 aromatic heterocycles. The van der Waals surface area contributed by atoms with Gasteiger partial charge in [-0.25, -0.2) is 0 Å². The van der Waals surface area contributed by atoms with Crippen LogP contribution in [0.1, 0.15) is 12.5 Å². The number of hydrogen-bond acceptors (Lipinski definition) is 2. The molecule has 1 atom stereocenters. The van der Waals surface area contributed by atoms with Crippen molar-refractivity contribution in [1.82, 2.24) is 5.32 Å². The van der Waals surface area contributed by atoms with Gasteiger partial charge >= 0.3 is 0 Å². The van der Waals surface area contributed by atoms with Crippen LogP contribution in [0.5, 0.6) is 0 Å². The van der Waals surface area contributed by atoms with Crippen LogP contribution in [-0.2, 0) is 16.0 Å². The zero-order chi connectivity index (χ0) is 13.8. The van der Waals surface area contributed by atoms with E-state index in [-0.39, 0.29) is 11.0 Å². The highest BCUT2D eigenvalue weighted by Gasteiger charge is 2.27. The van der Waals surface area contributed by atoms with E-state index in [0.717, 1.165) is 5.56 Å². The first-order chi connectivity index (χ1) is 8.30. The van der Waals surface area contributed by atoms with Crippen molar-refractivity contribution in [3.63, 3.8) is 0 Å². The fraction of sp³-hybridized carbons (Fsp3) is 0.429. The van der Waals surface area contributed by atoms with Crippen LogP contribution in [0.25, 0.3) is 0 Å². The monoisotopic (exact) mass is 267 g/mol. The summed E-state index contributed by atoms with van der Waals surface area (Å²) in [5.74, 6) is -0.159. The molecule has 0 saturated heterocycles. The van der Waals surface area contributed by atoms with Crippen molar-refractivity contribution < 1.29 is 9.59 Å². The first kappa shape index (κ1) is 14.8. The topological polar surface area (TPSA) is 46.2 Å². The van der Waals surface area contributed by atoms with E-state index in [1.54, 1.807) is 0 Å². The quantitative estimate of drug-likeness (QED) is 0.906. The van der Waals surface area contributed by atoms with E-state index in [1.165, 1.54) is 6.92 Å². The normalized spacial score (nSPS) is 13.8. The lowest BCUT2D eigenvalue weighted by atomic mass is 10.1. The Kier molecular flexibility index (Phi) is 4.96. The molecule has 0 fully saturated rings. The largest absolute Gasteiger partial charge is 0.345 e. The van der Waals surface area contributed by atoms with Gasteiger partial charge in [-0.1, -0.05) is 30.3 Å². The molecular formula is C14H21NO2S. The third-order valence-electron chi connectivity index (χ3n) is 2.55. The minimum absolute atomic E-state index is 0.140. The first-order valence-electron chi connectivity index (χ1n) is 5.84. The molecule has 1 N–H and O–H groups in total. The van der Waals surface area contributed by atoms with Gasteiger partial charge in [0.05, 0.1) is 0 Å². The molecule has 1 amide bonds. The number of benzene rings is 1. The van der Waals surface area contributed by atoms with E-state index >= 15 is 0 Å². The molecule has 0 bridgehead atoms. The summed E-state index contributed by atoms with van der Waals surface area (Å²) in [4.78, 5) is 23.5. The third kappa shape index (κ3) is 4.53. The van der Waals surface area contributed by atoms with Gasteiger partial charge in [0.2, 0.25) is 5.91 Å². The van der Waals surface area contributed by atoms with Crippen molar-refractivity contribution in [3.05, 3.63) is 35.9 Å². The summed E-state index contributed by atoms with van der Waals surface area (Å²) in [6, 6.07) is 9.34. The number of nitrogens with one attached hydrogen (secondary N) is 1. The summed E-state index contributed by atoms with van der Waals surface area (Å²) < 4.78 is 0. The Bertz CT molecular complexity index is 423. The summed E-state index contributed by atoms with van der Waals surface area (Å²) in [5, 5.41) is 2.91. The van der Waals surface area contributed by atoms with Crippen LogP contribution < -0.4 is 5.32 Å². The number of rotatable bonds is 4. The fourth-order valence-corrected chi connectivity index (χ4v) is 2.71. The highest BCUT2D eigenvalue weighted by Crippen LogP contribution is 2.37. The van der Waals surface area contributed by atoms with E-state index in [2.05, 4.69) is 5.32 Å². The maximum atomic E-state index is 12.3. The minimum Gasteiger partial charge on any atom is -0.345 e. The molecule has 0 spiro atoms. The van der Waals surface area contributed by atoms with Gasteiger partial charge in [-0.15, -0.1) is 0 Å². The molecule has 1 unspecified atom stereocenters. The van der Waals surface area contributed by atoms with Gasteiger partial charge in [0, 0.05) is 13.3 Å². The smallest absolute Gasteiger partial charge is 0.217 e. The van der Waals surface area contributed by atoms with Gasteiger partial charge in [-0.2, -0.15) is 10.0 Å². The van der Waals surface area contributed by atoms with E-state index in [1.807, 2.05) is 49.1 Å². The van der Waals surface area contributed by atoms with E-state index in [9.17, 15) is 9.59 Å². The average molecular weight is 267 g/mol. The Balaban J connectivity index is 2.86. The van der Waals surface area contributed by atoms with Crippen molar-refractivity contribution in [2.24, 2.45) is 0 Å². The van der Waals surface area contributed by atoms with Gasteiger partial charge in [-0.05, 0) is 24.3 Å². The number of carbonyl (C=O) groups is 2. The Labute approximate surface area is 110 Å². The average Bonchev–Trinajstić information content (AvgIpc) is 2.26. The highest BCUT2D eigenvalue weighted by atomic mass is 32.3. The van der Waals surface area contributed by atoms with Crippen LogP contribution in [-0.4, -0.2) is 35.8 Å². The number of carbonyl (C=O) groups excluding carboxylic acids is 2. The predicted octanol–water partition coefficient (Wildman–Crippen LogP) is 1.95. The molecule has 0 aliphatic rings. The third-order valence-corrected chi connectivity index (χ3v) is 4.04. The minimum atomic E-state index is -1.32. The van der Waals surface area contributed by atoms with Gasteiger partial charge < -0.3 is 5.32 Å². The Morgan fingerprint density at radius 1 is 1.17 bits per heavy atom. The summed E-state index contributed by atoms with van der Waals surface area (Å²) in [6.07, 6.45) is 6.42. The van der Waals surface area contributed by atoms with Crippen molar-refractivity contribution in [2.45, 2.75) is 19.4 Å². The molecule has 1 rings (SSSR count). The van der Waals surface area contributed by atoms with Gasteiger partial charge in [-0.3, -0.25) is 9.59 Å². The number of hydrogen-bond donors (Lipinski definition) is 1. The Hall–Kier alpha value is -1.29. The van der Waals surface area contributed by atoms with Crippen molar-refractivity contribution >= 4 is 21.1 Å². The van der Waals surface area contributed by atoms with Gasteiger partial charge in [0.15, 0.2) is 5.12 Å².